The number of nitrogens with one attached hydrogen (secondary N) is 1. The monoisotopic (exact) mass is 363 g/mol. The number of alkyl halides is 3. The average molecular weight is 363 g/mol. The van der Waals surface area contributed by atoms with Gasteiger partial charge < -0.3 is 15.2 Å². The van der Waals surface area contributed by atoms with E-state index in [2.05, 4.69) is 5.32 Å². The van der Waals surface area contributed by atoms with E-state index in [-0.39, 0.29) is 5.82 Å². The Bertz CT molecular complexity index is 594. The number of aliphatic carboxylic acids is 1. The highest BCUT2D eigenvalue weighted by molar-refractivity contribution is 5.73. The van der Waals surface area contributed by atoms with Crippen LogP contribution >= 0.6 is 0 Å². The first kappa shape index (κ1) is 19.7. The SMILES string of the molecule is Cc1ccc(COC2CC3CNCC3C2)c(F)c1.O=C(O)C(F)(F)F. The Balaban J connectivity index is 0.000000277. The standard InChI is InChI=1S/C15H20FNO.C2HF3O2/c1-10-2-3-11(15(16)4-10)9-18-14-5-12-7-17-8-13(12)6-14;3-2(4,5)1(6)7/h2-4,12-14,17H,5-9H2,1H3;(H,6,7). The molecule has 2 fully saturated rings. The van der Waals surface area contributed by atoms with Crippen LogP contribution in [0.15, 0.2) is 18.2 Å². The van der Waals surface area contributed by atoms with Crippen molar-refractivity contribution in [1.29, 1.82) is 0 Å². The molecule has 1 aromatic carbocycles. The summed E-state index contributed by atoms with van der Waals surface area (Å²) < 4.78 is 51.3. The Morgan fingerprint density at radius 1 is 1.28 bits per heavy atom. The predicted octanol–water partition coefficient (Wildman–Crippen LogP) is 3.28. The number of carbonyl (C=O) groups is 1. The molecule has 1 aliphatic heterocycles. The molecule has 1 aliphatic carbocycles. The van der Waals surface area contributed by atoms with Crippen molar-refractivity contribution in [3.8, 4) is 0 Å². The van der Waals surface area contributed by atoms with Crippen LogP contribution in [-0.4, -0.2) is 36.4 Å². The number of rotatable bonds is 3. The summed E-state index contributed by atoms with van der Waals surface area (Å²) >= 11 is 0. The lowest BCUT2D eigenvalue weighted by atomic mass is 10.0. The molecule has 0 aromatic heterocycles. The molecule has 3 rings (SSSR count). The van der Waals surface area contributed by atoms with E-state index in [0.29, 0.717) is 18.3 Å². The summed E-state index contributed by atoms with van der Waals surface area (Å²) in [6.07, 6.45) is -2.50. The average Bonchev–Trinajstić information content (AvgIpc) is 3.07. The predicted molar refractivity (Wildman–Crippen MR) is 82.5 cm³/mol. The Morgan fingerprint density at radius 3 is 2.32 bits per heavy atom. The van der Waals surface area contributed by atoms with E-state index in [1.807, 2.05) is 19.1 Å². The van der Waals surface area contributed by atoms with Gasteiger partial charge in [-0.1, -0.05) is 12.1 Å². The van der Waals surface area contributed by atoms with Gasteiger partial charge in [0.25, 0.3) is 0 Å². The number of hydrogen-bond acceptors (Lipinski definition) is 3. The molecule has 2 N–H and O–H groups in total. The van der Waals surface area contributed by atoms with Gasteiger partial charge in [0.1, 0.15) is 5.82 Å². The van der Waals surface area contributed by atoms with Crippen LogP contribution in [0.3, 0.4) is 0 Å². The topological polar surface area (TPSA) is 58.6 Å². The molecule has 0 radical (unpaired) electrons. The van der Waals surface area contributed by atoms with Gasteiger partial charge in [0.2, 0.25) is 0 Å². The quantitative estimate of drug-likeness (QED) is 0.810. The summed E-state index contributed by atoms with van der Waals surface area (Å²) in [4.78, 5) is 8.90. The van der Waals surface area contributed by atoms with Gasteiger partial charge in [-0.25, -0.2) is 9.18 Å². The highest BCUT2D eigenvalue weighted by atomic mass is 19.4. The van der Waals surface area contributed by atoms with Gasteiger partial charge in [-0.2, -0.15) is 13.2 Å². The fraction of sp³-hybridized carbons (Fsp3) is 0.588. The van der Waals surface area contributed by atoms with Crippen LogP contribution in [0.2, 0.25) is 0 Å². The number of aryl methyl sites for hydroxylation is 1. The summed E-state index contributed by atoms with van der Waals surface area (Å²) in [6.45, 7) is 4.56. The van der Waals surface area contributed by atoms with Crippen LogP contribution in [0.4, 0.5) is 17.6 Å². The highest BCUT2D eigenvalue weighted by Crippen LogP contribution is 2.36. The van der Waals surface area contributed by atoms with Gasteiger partial charge in [-0.05, 0) is 56.3 Å². The maximum Gasteiger partial charge on any atom is 0.490 e. The third-order valence-electron chi connectivity index (χ3n) is 4.54. The van der Waals surface area contributed by atoms with Crippen LogP contribution in [0.5, 0.6) is 0 Å². The van der Waals surface area contributed by atoms with Crippen molar-refractivity contribution < 1.29 is 32.2 Å². The lowest BCUT2D eigenvalue weighted by molar-refractivity contribution is -0.192. The van der Waals surface area contributed by atoms with E-state index in [4.69, 9.17) is 14.6 Å². The number of carboxylic acid groups (broad SMARTS) is 1. The van der Waals surface area contributed by atoms with Gasteiger partial charge in [0, 0.05) is 5.56 Å². The first-order valence-corrected chi connectivity index (χ1v) is 8.04. The lowest BCUT2D eigenvalue weighted by Crippen LogP contribution is -2.21. The Labute approximate surface area is 143 Å². The molecule has 1 saturated carbocycles. The number of hydrogen-bond donors (Lipinski definition) is 2. The fourth-order valence-electron chi connectivity index (χ4n) is 3.22. The summed E-state index contributed by atoms with van der Waals surface area (Å²) in [6, 6.07) is 5.35. The van der Waals surface area contributed by atoms with Gasteiger partial charge in [-0.15, -0.1) is 0 Å². The van der Waals surface area contributed by atoms with Crippen molar-refractivity contribution in [1.82, 2.24) is 5.32 Å². The first-order chi connectivity index (χ1) is 11.7. The largest absolute Gasteiger partial charge is 0.490 e. The van der Waals surface area contributed by atoms with E-state index in [1.54, 1.807) is 6.07 Å². The van der Waals surface area contributed by atoms with Crippen molar-refractivity contribution in [2.45, 2.75) is 38.7 Å². The molecule has 140 valence electrons. The van der Waals surface area contributed by atoms with Crippen molar-refractivity contribution in [2.75, 3.05) is 13.1 Å². The summed E-state index contributed by atoms with van der Waals surface area (Å²) in [7, 11) is 0. The molecule has 0 amide bonds. The molecule has 1 saturated heterocycles. The molecular formula is C17H21F4NO3. The zero-order valence-electron chi connectivity index (χ0n) is 13.8. The van der Waals surface area contributed by atoms with Crippen LogP contribution in [-0.2, 0) is 16.1 Å². The zero-order chi connectivity index (χ0) is 18.6. The van der Waals surface area contributed by atoms with Gasteiger partial charge in [-0.3, -0.25) is 0 Å². The van der Waals surface area contributed by atoms with Crippen molar-refractivity contribution in [3.63, 3.8) is 0 Å². The third kappa shape index (κ3) is 5.67. The molecule has 0 spiro atoms. The van der Waals surface area contributed by atoms with Crippen LogP contribution < -0.4 is 5.32 Å². The highest BCUT2D eigenvalue weighted by Gasteiger charge is 2.38. The van der Waals surface area contributed by atoms with E-state index in [0.717, 1.165) is 43.3 Å². The van der Waals surface area contributed by atoms with Crippen molar-refractivity contribution in [2.24, 2.45) is 11.8 Å². The molecule has 25 heavy (non-hydrogen) atoms. The molecule has 0 bridgehead atoms. The second-order valence-electron chi connectivity index (χ2n) is 6.48. The normalized spacial score (nSPS) is 25.2. The first-order valence-electron chi connectivity index (χ1n) is 8.04. The summed E-state index contributed by atoms with van der Waals surface area (Å²) in [5.41, 5.74) is 1.63. The van der Waals surface area contributed by atoms with Gasteiger partial charge >= 0.3 is 12.1 Å². The maximum absolute atomic E-state index is 13.7. The molecule has 8 heteroatoms. The Hall–Kier alpha value is -1.67. The number of fused-ring (bicyclic) bond motifs is 1. The summed E-state index contributed by atoms with van der Waals surface area (Å²) in [5.74, 6) is -1.35. The lowest BCUT2D eigenvalue weighted by Gasteiger charge is -2.13. The molecule has 1 aromatic rings. The van der Waals surface area contributed by atoms with Crippen LogP contribution in [0, 0.1) is 24.6 Å². The number of benzene rings is 1. The molecule has 2 atom stereocenters. The molecule has 4 nitrogen and oxygen atoms in total. The van der Waals surface area contributed by atoms with Gasteiger partial charge in [0.05, 0.1) is 12.7 Å². The third-order valence-corrected chi connectivity index (χ3v) is 4.54. The minimum absolute atomic E-state index is 0.144. The van der Waals surface area contributed by atoms with E-state index < -0.39 is 12.1 Å². The zero-order valence-corrected chi connectivity index (χ0v) is 13.8. The number of carboxylic acids is 1. The van der Waals surface area contributed by atoms with Crippen molar-refractivity contribution >= 4 is 5.97 Å². The van der Waals surface area contributed by atoms with E-state index in [1.165, 1.54) is 0 Å². The summed E-state index contributed by atoms with van der Waals surface area (Å²) in [5, 5.41) is 10.5. The maximum atomic E-state index is 13.7. The van der Waals surface area contributed by atoms with Crippen molar-refractivity contribution in [3.05, 3.63) is 35.1 Å². The minimum Gasteiger partial charge on any atom is -0.475 e. The molecule has 2 aliphatic rings. The Morgan fingerprint density at radius 2 is 1.84 bits per heavy atom. The van der Waals surface area contributed by atoms with Crippen LogP contribution in [0.1, 0.15) is 24.0 Å². The Kier molecular flexibility index (Phi) is 6.40. The smallest absolute Gasteiger partial charge is 0.475 e. The second kappa shape index (κ2) is 8.14. The molecule has 2 unspecified atom stereocenters. The van der Waals surface area contributed by atoms with Gasteiger partial charge in [0.15, 0.2) is 0 Å². The van der Waals surface area contributed by atoms with Crippen LogP contribution in [0.25, 0.3) is 0 Å². The van der Waals surface area contributed by atoms with E-state index >= 15 is 0 Å². The fourth-order valence-corrected chi connectivity index (χ4v) is 3.22. The molecular weight excluding hydrogens is 342 g/mol. The number of halogens is 4. The molecule has 1 heterocycles. The minimum atomic E-state index is -5.08. The van der Waals surface area contributed by atoms with E-state index in [9.17, 15) is 17.6 Å². The number of ether oxygens (including phenoxy) is 1. The second-order valence-corrected chi connectivity index (χ2v) is 6.48.